The van der Waals surface area contributed by atoms with Gasteiger partial charge in [-0.2, -0.15) is 0 Å². The van der Waals surface area contributed by atoms with E-state index >= 15 is 0 Å². The van der Waals surface area contributed by atoms with E-state index in [4.69, 9.17) is 4.74 Å². The Morgan fingerprint density at radius 3 is 2.53 bits per heavy atom. The van der Waals surface area contributed by atoms with Gasteiger partial charge in [0.1, 0.15) is 0 Å². The van der Waals surface area contributed by atoms with Crippen molar-refractivity contribution >= 4 is 5.91 Å². The van der Waals surface area contributed by atoms with Crippen LogP contribution in [0.1, 0.15) is 27.2 Å². The third-order valence-corrected chi connectivity index (χ3v) is 3.62. The summed E-state index contributed by atoms with van der Waals surface area (Å²) in [5.41, 5.74) is 0. The van der Waals surface area contributed by atoms with Gasteiger partial charge in [-0.15, -0.1) is 0 Å². The highest BCUT2D eigenvalue weighted by Gasteiger charge is 2.23. The van der Waals surface area contributed by atoms with E-state index in [1.807, 2.05) is 18.7 Å². The SMILES string of the molecule is CCOCCCN[C@H](C)C(=O)N1CCN(CC)CC1. The molecular weight excluding hydrogens is 242 g/mol. The number of carbonyl (C=O) groups is 1. The molecule has 0 aromatic carbocycles. The summed E-state index contributed by atoms with van der Waals surface area (Å²) in [7, 11) is 0. The van der Waals surface area contributed by atoms with Gasteiger partial charge in [0.15, 0.2) is 0 Å². The molecule has 1 rings (SSSR count). The lowest BCUT2D eigenvalue weighted by atomic mass is 10.2. The average Bonchev–Trinajstić information content (AvgIpc) is 2.46. The van der Waals surface area contributed by atoms with E-state index < -0.39 is 0 Å². The third kappa shape index (κ3) is 5.89. The first-order valence-corrected chi connectivity index (χ1v) is 7.51. The molecule has 1 amide bonds. The van der Waals surface area contributed by atoms with Crippen molar-refractivity contribution in [2.45, 2.75) is 33.2 Å². The highest BCUT2D eigenvalue weighted by atomic mass is 16.5. The number of rotatable bonds is 8. The van der Waals surface area contributed by atoms with Gasteiger partial charge in [-0.1, -0.05) is 6.92 Å². The van der Waals surface area contributed by atoms with Crippen molar-refractivity contribution in [1.29, 1.82) is 0 Å². The minimum absolute atomic E-state index is 0.0881. The zero-order chi connectivity index (χ0) is 14.1. The molecule has 1 fully saturated rings. The summed E-state index contributed by atoms with van der Waals surface area (Å²) < 4.78 is 5.28. The monoisotopic (exact) mass is 271 g/mol. The smallest absolute Gasteiger partial charge is 0.239 e. The first-order chi connectivity index (χ1) is 9.19. The van der Waals surface area contributed by atoms with Gasteiger partial charge < -0.3 is 19.9 Å². The summed E-state index contributed by atoms with van der Waals surface area (Å²) in [6, 6.07) is -0.0881. The van der Waals surface area contributed by atoms with Gasteiger partial charge >= 0.3 is 0 Å². The lowest BCUT2D eigenvalue weighted by Gasteiger charge is -2.35. The normalized spacial score (nSPS) is 18.6. The number of likely N-dealkylation sites (N-methyl/N-ethyl adjacent to an activating group) is 1. The van der Waals surface area contributed by atoms with Crippen LogP contribution in [0.15, 0.2) is 0 Å². The van der Waals surface area contributed by atoms with Crippen molar-refractivity contribution in [2.24, 2.45) is 0 Å². The van der Waals surface area contributed by atoms with E-state index in [1.165, 1.54) is 0 Å². The van der Waals surface area contributed by atoms with Gasteiger partial charge in [-0.25, -0.2) is 0 Å². The third-order valence-electron chi connectivity index (χ3n) is 3.62. The van der Waals surface area contributed by atoms with Crippen molar-refractivity contribution in [3.8, 4) is 0 Å². The fourth-order valence-corrected chi connectivity index (χ4v) is 2.28. The molecule has 0 radical (unpaired) electrons. The van der Waals surface area contributed by atoms with E-state index in [-0.39, 0.29) is 11.9 Å². The Morgan fingerprint density at radius 1 is 1.26 bits per heavy atom. The van der Waals surface area contributed by atoms with E-state index in [9.17, 15) is 4.79 Å². The van der Waals surface area contributed by atoms with Crippen molar-refractivity contribution in [2.75, 3.05) is 52.5 Å². The molecule has 0 spiro atoms. The van der Waals surface area contributed by atoms with E-state index in [0.717, 1.165) is 58.9 Å². The molecule has 0 bridgehead atoms. The molecule has 0 aliphatic carbocycles. The number of ether oxygens (including phenoxy) is 1. The Hall–Kier alpha value is -0.650. The van der Waals surface area contributed by atoms with Crippen molar-refractivity contribution in [1.82, 2.24) is 15.1 Å². The van der Waals surface area contributed by atoms with E-state index in [0.29, 0.717) is 0 Å². The standard InChI is InChI=1S/C14H29N3O2/c1-4-16-8-10-17(11-9-16)14(18)13(3)15-7-6-12-19-5-2/h13,15H,4-12H2,1-3H3/t13-/m1/s1. The number of piperazine rings is 1. The van der Waals surface area contributed by atoms with Crippen LogP contribution in [0.25, 0.3) is 0 Å². The van der Waals surface area contributed by atoms with Gasteiger partial charge in [0, 0.05) is 39.4 Å². The fraction of sp³-hybridized carbons (Fsp3) is 0.929. The molecule has 1 heterocycles. The summed E-state index contributed by atoms with van der Waals surface area (Å²) in [5.74, 6) is 0.229. The minimum Gasteiger partial charge on any atom is -0.382 e. The van der Waals surface area contributed by atoms with Crippen LogP contribution in [-0.2, 0) is 9.53 Å². The summed E-state index contributed by atoms with van der Waals surface area (Å²) in [6.07, 6.45) is 0.953. The second-order valence-electron chi connectivity index (χ2n) is 4.99. The maximum absolute atomic E-state index is 12.2. The zero-order valence-corrected chi connectivity index (χ0v) is 12.7. The van der Waals surface area contributed by atoms with Crippen LogP contribution < -0.4 is 5.32 Å². The van der Waals surface area contributed by atoms with E-state index in [1.54, 1.807) is 0 Å². The quantitative estimate of drug-likeness (QED) is 0.655. The van der Waals surface area contributed by atoms with Gasteiger partial charge in [0.2, 0.25) is 5.91 Å². The molecule has 19 heavy (non-hydrogen) atoms. The van der Waals surface area contributed by atoms with Crippen LogP contribution in [0.4, 0.5) is 0 Å². The maximum Gasteiger partial charge on any atom is 0.239 e. The number of amides is 1. The number of hydrogen-bond donors (Lipinski definition) is 1. The van der Waals surface area contributed by atoms with Gasteiger partial charge in [-0.05, 0) is 33.4 Å². The molecule has 1 saturated heterocycles. The molecule has 0 unspecified atom stereocenters. The molecule has 5 nitrogen and oxygen atoms in total. The molecule has 1 atom stereocenters. The minimum atomic E-state index is -0.0881. The second-order valence-corrected chi connectivity index (χ2v) is 4.99. The summed E-state index contributed by atoms with van der Waals surface area (Å²) in [6.45, 7) is 13.3. The Balaban J connectivity index is 2.17. The Bertz CT molecular complexity index is 253. The zero-order valence-electron chi connectivity index (χ0n) is 12.7. The summed E-state index contributed by atoms with van der Waals surface area (Å²) in [5, 5.41) is 3.28. The topological polar surface area (TPSA) is 44.8 Å². The molecule has 0 saturated carbocycles. The van der Waals surface area contributed by atoms with E-state index in [2.05, 4.69) is 17.1 Å². The van der Waals surface area contributed by atoms with Crippen LogP contribution in [0.5, 0.6) is 0 Å². The lowest BCUT2D eigenvalue weighted by Crippen LogP contribution is -2.53. The Labute approximate surface area is 117 Å². The molecule has 5 heteroatoms. The molecular formula is C14H29N3O2. The predicted octanol–water partition coefficient (Wildman–Crippen LogP) is 0.555. The van der Waals surface area contributed by atoms with Gasteiger partial charge in [-0.3, -0.25) is 4.79 Å². The highest BCUT2D eigenvalue weighted by molar-refractivity contribution is 5.81. The first kappa shape index (κ1) is 16.4. The predicted molar refractivity (Wildman–Crippen MR) is 77.3 cm³/mol. The van der Waals surface area contributed by atoms with Crippen molar-refractivity contribution in [3.05, 3.63) is 0 Å². The molecule has 0 aromatic heterocycles. The molecule has 1 aliphatic heterocycles. The second kappa shape index (κ2) is 9.28. The van der Waals surface area contributed by atoms with Crippen LogP contribution >= 0.6 is 0 Å². The summed E-state index contributed by atoms with van der Waals surface area (Å²) >= 11 is 0. The molecule has 1 aliphatic rings. The van der Waals surface area contributed by atoms with Crippen molar-refractivity contribution < 1.29 is 9.53 Å². The number of carbonyl (C=O) groups excluding carboxylic acids is 1. The van der Waals surface area contributed by atoms with Gasteiger partial charge in [0.25, 0.3) is 0 Å². The lowest BCUT2D eigenvalue weighted by molar-refractivity contribution is -0.134. The number of nitrogens with one attached hydrogen (secondary N) is 1. The van der Waals surface area contributed by atoms with Crippen LogP contribution in [0.3, 0.4) is 0 Å². The first-order valence-electron chi connectivity index (χ1n) is 7.51. The molecule has 0 aromatic rings. The average molecular weight is 271 g/mol. The highest BCUT2D eigenvalue weighted by Crippen LogP contribution is 2.03. The van der Waals surface area contributed by atoms with Crippen LogP contribution in [0.2, 0.25) is 0 Å². The Morgan fingerprint density at radius 2 is 1.95 bits per heavy atom. The molecule has 1 N–H and O–H groups in total. The van der Waals surface area contributed by atoms with Gasteiger partial charge in [0.05, 0.1) is 6.04 Å². The Kier molecular flexibility index (Phi) is 8.02. The molecule has 112 valence electrons. The summed E-state index contributed by atoms with van der Waals surface area (Å²) in [4.78, 5) is 16.6. The van der Waals surface area contributed by atoms with Crippen LogP contribution in [-0.4, -0.2) is 74.2 Å². The maximum atomic E-state index is 12.2. The number of hydrogen-bond acceptors (Lipinski definition) is 4. The fourth-order valence-electron chi connectivity index (χ4n) is 2.28. The van der Waals surface area contributed by atoms with Crippen LogP contribution in [0, 0.1) is 0 Å². The largest absolute Gasteiger partial charge is 0.382 e. The number of nitrogens with zero attached hydrogens (tertiary/aromatic N) is 2. The van der Waals surface area contributed by atoms with Crippen molar-refractivity contribution in [3.63, 3.8) is 0 Å².